The summed E-state index contributed by atoms with van der Waals surface area (Å²) in [7, 11) is 0. The Morgan fingerprint density at radius 1 is 0.947 bits per heavy atom. The molecular weight excluding hydrogens is 240 g/mol. The normalized spacial score (nSPS) is 11.6. The zero-order chi connectivity index (χ0) is 14.2. The number of hydrogen-bond donors (Lipinski definition) is 0. The summed E-state index contributed by atoms with van der Waals surface area (Å²) < 4.78 is 10.5. The lowest BCUT2D eigenvalue weighted by Crippen LogP contribution is -2.02. The van der Waals surface area contributed by atoms with Gasteiger partial charge in [-0.25, -0.2) is 0 Å². The van der Waals surface area contributed by atoms with Crippen LogP contribution in [0, 0.1) is 0 Å². The molecule has 0 heterocycles. The van der Waals surface area contributed by atoms with E-state index in [4.69, 9.17) is 9.47 Å². The van der Waals surface area contributed by atoms with Crippen LogP contribution < -0.4 is 0 Å². The van der Waals surface area contributed by atoms with Gasteiger partial charge in [-0.1, -0.05) is 52.4 Å². The maximum Gasteiger partial charge on any atom is 0.189 e. The molecule has 0 atom stereocenters. The van der Waals surface area contributed by atoms with Gasteiger partial charge in [0.1, 0.15) is 0 Å². The second-order valence-electron chi connectivity index (χ2n) is 4.80. The number of carbonyl (C=O) groups excluding carboxylic acids is 1. The van der Waals surface area contributed by atoms with Crippen molar-refractivity contribution in [2.24, 2.45) is 0 Å². The van der Waals surface area contributed by atoms with Crippen molar-refractivity contribution >= 4 is 6.29 Å². The summed E-state index contributed by atoms with van der Waals surface area (Å²) in [6, 6.07) is 0. The molecule has 0 fully saturated rings. The van der Waals surface area contributed by atoms with Crippen LogP contribution in [-0.2, 0) is 14.3 Å². The molecule has 3 heteroatoms. The predicted molar refractivity (Wildman–Crippen MR) is 79.0 cm³/mol. The topological polar surface area (TPSA) is 35.5 Å². The first kappa shape index (κ1) is 18.2. The molecule has 0 aliphatic carbocycles. The minimum atomic E-state index is 0.182. The molecule has 0 aromatic rings. The van der Waals surface area contributed by atoms with Crippen LogP contribution in [-0.4, -0.2) is 19.7 Å². The fourth-order valence-corrected chi connectivity index (χ4v) is 1.73. The Balaban J connectivity index is 3.49. The van der Waals surface area contributed by atoms with Crippen LogP contribution in [0.4, 0.5) is 0 Å². The Labute approximate surface area is 118 Å². The third kappa shape index (κ3) is 13.4. The summed E-state index contributed by atoms with van der Waals surface area (Å²) in [6.07, 6.45) is 13.3. The highest BCUT2D eigenvalue weighted by atomic mass is 16.7. The van der Waals surface area contributed by atoms with Crippen LogP contribution in [0.5, 0.6) is 0 Å². The van der Waals surface area contributed by atoms with Gasteiger partial charge in [0.15, 0.2) is 18.8 Å². The van der Waals surface area contributed by atoms with Crippen LogP contribution in [0.2, 0.25) is 0 Å². The highest BCUT2D eigenvalue weighted by Crippen LogP contribution is 2.08. The monoisotopic (exact) mass is 270 g/mol. The molecule has 0 aromatic heterocycles. The molecule has 0 aliphatic heterocycles. The number of ether oxygens (including phenoxy) is 2. The molecule has 0 rings (SSSR count). The molecule has 3 nitrogen and oxygen atoms in total. The predicted octanol–water partition coefficient (Wildman–Crippen LogP) is 4.61. The summed E-state index contributed by atoms with van der Waals surface area (Å²) in [5.41, 5.74) is 0. The molecule has 0 saturated carbocycles. The van der Waals surface area contributed by atoms with Gasteiger partial charge in [0.2, 0.25) is 0 Å². The zero-order valence-electron chi connectivity index (χ0n) is 12.7. The van der Waals surface area contributed by atoms with E-state index < -0.39 is 0 Å². The summed E-state index contributed by atoms with van der Waals surface area (Å²) in [5.74, 6) is 0.407. The fourth-order valence-electron chi connectivity index (χ4n) is 1.73. The fraction of sp³-hybridized carbons (Fsp3) is 0.812. The van der Waals surface area contributed by atoms with E-state index in [2.05, 4.69) is 13.8 Å². The van der Waals surface area contributed by atoms with E-state index in [0.717, 1.165) is 32.0 Å². The molecule has 0 aromatic carbocycles. The third-order valence-corrected chi connectivity index (χ3v) is 2.97. The molecule has 19 heavy (non-hydrogen) atoms. The third-order valence-electron chi connectivity index (χ3n) is 2.97. The summed E-state index contributed by atoms with van der Waals surface area (Å²) in [5, 5.41) is 0. The van der Waals surface area contributed by atoms with Crippen molar-refractivity contribution < 1.29 is 14.3 Å². The number of hydrogen-bond acceptors (Lipinski definition) is 3. The van der Waals surface area contributed by atoms with E-state index in [1.165, 1.54) is 32.1 Å². The average Bonchev–Trinajstić information content (AvgIpc) is 2.44. The van der Waals surface area contributed by atoms with Crippen LogP contribution in [0.1, 0.15) is 71.6 Å². The largest absolute Gasteiger partial charge is 0.464 e. The molecule has 112 valence electrons. The molecule has 0 spiro atoms. The first-order chi connectivity index (χ1) is 9.35. The molecular formula is C16H30O3. The molecule has 0 amide bonds. The molecule has 0 unspecified atom stereocenters. The second-order valence-corrected chi connectivity index (χ2v) is 4.80. The van der Waals surface area contributed by atoms with Crippen molar-refractivity contribution in [2.75, 3.05) is 13.4 Å². The van der Waals surface area contributed by atoms with Crippen LogP contribution in [0.3, 0.4) is 0 Å². The van der Waals surface area contributed by atoms with Crippen molar-refractivity contribution in [3.63, 3.8) is 0 Å². The lowest BCUT2D eigenvalue weighted by atomic mass is 10.1. The SMILES string of the molecule is CCCCCCCCC=C(C=O)OCOCCCC. The van der Waals surface area contributed by atoms with Gasteiger partial charge >= 0.3 is 0 Å². The molecule has 0 saturated heterocycles. The lowest BCUT2D eigenvalue weighted by molar-refractivity contribution is -0.111. The maximum absolute atomic E-state index is 10.8. The smallest absolute Gasteiger partial charge is 0.189 e. The number of allylic oxidation sites excluding steroid dienone is 2. The van der Waals surface area contributed by atoms with E-state index >= 15 is 0 Å². The first-order valence-electron chi connectivity index (χ1n) is 7.71. The minimum Gasteiger partial charge on any atom is -0.464 e. The number of aldehydes is 1. The van der Waals surface area contributed by atoms with Gasteiger partial charge in [-0.15, -0.1) is 0 Å². The van der Waals surface area contributed by atoms with E-state index in [-0.39, 0.29) is 6.79 Å². The van der Waals surface area contributed by atoms with Gasteiger partial charge in [-0.2, -0.15) is 0 Å². The van der Waals surface area contributed by atoms with Crippen molar-refractivity contribution in [3.05, 3.63) is 11.8 Å². The number of unbranched alkanes of at least 4 members (excludes halogenated alkanes) is 7. The Kier molecular flexibility index (Phi) is 14.6. The van der Waals surface area contributed by atoms with E-state index in [1.54, 1.807) is 0 Å². The van der Waals surface area contributed by atoms with Crippen molar-refractivity contribution in [3.8, 4) is 0 Å². The lowest BCUT2D eigenvalue weighted by Gasteiger charge is -2.06. The van der Waals surface area contributed by atoms with Crippen molar-refractivity contribution in [1.29, 1.82) is 0 Å². The summed E-state index contributed by atoms with van der Waals surface area (Å²) in [4.78, 5) is 10.8. The Bertz CT molecular complexity index is 224. The standard InChI is InChI=1S/C16H30O3/c1-3-5-7-8-9-10-11-12-16(14-17)19-15-18-13-6-4-2/h12,14H,3-11,13,15H2,1-2H3. The average molecular weight is 270 g/mol. The highest BCUT2D eigenvalue weighted by Gasteiger charge is 1.96. The van der Waals surface area contributed by atoms with Crippen molar-refractivity contribution in [1.82, 2.24) is 0 Å². The Morgan fingerprint density at radius 3 is 2.32 bits per heavy atom. The van der Waals surface area contributed by atoms with Crippen LogP contribution in [0.25, 0.3) is 0 Å². The number of carbonyl (C=O) groups is 1. The van der Waals surface area contributed by atoms with Crippen LogP contribution >= 0.6 is 0 Å². The maximum atomic E-state index is 10.8. The van der Waals surface area contributed by atoms with Crippen LogP contribution in [0.15, 0.2) is 11.8 Å². The van der Waals surface area contributed by atoms with E-state index in [9.17, 15) is 4.79 Å². The quantitative estimate of drug-likeness (QED) is 0.152. The van der Waals surface area contributed by atoms with Gasteiger partial charge in [-0.05, 0) is 25.3 Å². The second kappa shape index (κ2) is 15.2. The summed E-state index contributed by atoms with van der Waals surface area (Å²) >= 11 is 0. The summed E-state index contributed by atoms with van der Waals surface area (Å²) in [6.45, 7) is 5.21. The molecule has 0 radical (unpaired) electrons. The van der Waals surface area contributed by atoms with Crippen molar-refractivity contribution in [2.45, 2.75) is 71.6 Å². The van der Waals surface area contributed by atoms with Gasteiger partial charge < -0.3 is 9.47 Å². The zero-order valence-corrected chi connectivity index (χ0v) is 12.7. The Hall–Kier alpha value is -0.830. The highest BCUT2D eigenvalue weighted by molar-refractivity contribution is 5.69. The molecule has 0 aliphatic rings. The first-order valence-corrected chi connectivity index (χ1v) is 7.71. The van der Waals surface area contributed by atoms with Gasteiger partial charge in [-0.3, -0.25) is 4.79 Å². The van der Waals surface area contributed by atoms with E-state index in [0.29, 0.717) is 12.4 Å². The van der Waals surface area contributed by atoms with E-state index in [1.807, 2.05) is 6.08 Å². The Morgan fingerprint density at radius 2 is 1.63 bits per heavy atom. The van der Waals surface area contributed by atoms with Gasteiger partial charge in [0.05, 0.1) is 6.61 Å². The van der Waals surface area contributed by atoms with Gasteiger partial charge in [0, 0.05) is 0 Å². The minimum absolute atomic E-state index is 0.182. The molecule has 0 N–H and O–H groups in total. The van der Waals surface area contributed by atoms with Gasteiger partial charge in [0.25, 0.3) is 0 Å². The molecule has 0 bridgehead atoms. The number of rotatable bonds is 14.